The molecule has 2 aliphatic heterocycles. The van der Waals surface area contributed by atoms with Crippen LogP contribution in [0.2, 0.25) is 0 Å². The topological polar surface area (TPSA) is 55.8 Å². The largest absolute Gasteiger partial charge is 0.480 e. The third kappa shape index (κ3) is 3.63. The van der Waals surface area contributed by atoms with Crippen molar-refractivity contribution in [3.05, 3.63) is 35.9 Å². The van der Waals surface area contributed by atoms with Crippen molar-refractivity contribution in [1.82, 2.24) is 15.1 Å². The van der Waals surface area contributed by atoms with Crippen LogP contribution in [0, 0.1) is 0 Å². The van der Waals surface area contributed by atoms with E-state index in [1.807, 2.05) is 18.2 Å². The maximum atomic E-state index is 11.6. The van der Waals surface area contributed by atoms with Crippen molar-refractivity contribution < 1.29 is 9.90 Å². The van der Waals surface area contributed by atoms with Crippen molar-refractivity contribution in [1.29, 1.82) is 0 Å². The van der Waals surface area contributed by atoms with Gasteiger partial charge in [-0.05, 0) is 5.56 Å². The molecule has 2 heterocycles. The minimum Gasteiger partial charge on any atom is -0.480 e. The van der Waals surface area contributed by atoms with E-state index in [0.29, 0.717) is 5.75 Å². The quantitative estimate of drug-likeness (QED) is 0.847. The molecule has 1 aromatic carbocycles. The molecule has 2 unspecified atom stereocenters. The molecule has 6 heteroatoms. The summed E-state index contributed by atoms with van der Waals surface area (Å²) in [5.41, 5.74) is 1.22. The van der Waals surface area contributed by atoms with Gasteiger partial charge < -0.3 is 10.4 Å². The van der Waals surface area contributed by atoms with Gasteiger partial charge in [0, 0.05) is 50.4 Å². The molecule has 0 saturated carbocycles. The van der Waals surface area contributed by atoms with Crippen LogP contribution in [0.4, 0.5) is 0 Å². The highest BCUT2D eigenvalue weighted by atomic mass is 32.2. The lowest BCUT2D eigenvalue weighted by atomic mass is 10.0. The molecular formula is C16H23N3O2S. The summed E-state index contributed by atoms with van der Waals surface area (Å²) in [6, 6.07) is 10.1. The molecule has 0 radical (unpaired) electrons. The summed E-state index contributed by atoms with van der Waals surface area (Å²) in [5, 5.41) is 12.9. The Kier molecular flexibility index (Phi) is 5.36. The molecule has 0 bridgehead atoms. The van der Waals surface area contributed by atoms with Gasteiger partial charge in [-0.2, -0.15) is 0 Å². The van der Waals surface area contributed by atoms with Crippen LogP contribution in [0.1, 0.15) is 11.6 Å². The highest BCUT2D eigenvalue weighted by Crippen LogP contribution is 2.32. The van der Waals surface area contributed by atoms with Crippen molar-refractivity contribution in [2.24, 2.45) is 0 Å². The minimum atomic E-state index is -0.703. The number of piperazine rings is 1. The van der Waals surface area contributed by atoms with E-state index < -0.39 is 5.97 Å². The molecule has 3 rings (SSSR count). The summed E-state index contributed by atoms with van der Waals surface area (Å²) in [4.78, 5) is 16.2. The number of nitrogens with one attached hydrogen (secondary N) is 1. The molecule has 22 heavy (non-hydrogen) atoms. The normalized spacial score (nSPS) is 25.2. The van der Waals surface area contributed by atoms with Crippen molar-refractivity contribution in [2.45, 2.75) is 12.1 Å². The van der Waals surface area contributed by atoms with Crippen LogP contribution in [0.15, 0.2) is 30.3 Å². The first-order chi connectivity index (χ1) is 10.8. The monoisotopic (exact) mass is 321 g/mol. The van der Waals surface area contributed by atoms with Crippen LogP contribution in [0.3, 0.4) is 0 Å². The zero-order chi connectivity index (χ0) is 15.4. The van der Waals surface area contributed by atoms with Gasteiger partial charge in [0.2, 0.25) is 0 Å². The lowest BCUT2D eigenvalue weighted by Crippen LogP contribution is -2.49. The first-order valence-electron chi connectivity index (χ1n) is 7.80. The van der Waals surface area contributed by atoms with Crippen molar-refractivity contribution >= 4 is 17.7 Å². The Balaban J connectivity index is 1.80. The number of nitrogens with zero attached hydrogens (tertiary/aromatic N) is 2. The van der Waals surface area contributed by atoms with Gasteiger partial charge >= 0.3 is 5.97 Å². The first kappa shape index (κ1) is 15.8. The van der Waals surface area contributed by atoms with Gasteiger partial charge in [-0.25, -0.2) is 0 Å². The van der Waals surface area contributed by atoms with E-state index >= 15 is 0 Å². The minimum absolute atomic E-state index is 0.149. The molecule has 0 amide bonds. The van der Waals surface area contributed by atoms with Crippen LogP contribution in [-0.2, 0) is 4.79 Å². The van der Waals surface area contributed by atoms with Crippen LogP contribution < -0.4 is 5.32 Å². The fourth-order valence-corrected chi connectivity index (χ4v) is 4.42. The van der Waals surface area contributed by atoms with Crippen LogP contribution in [0.25, 0.3) is 0 Å². The zero-order valence-electron chi connectivity index (χ0n) is 12.6. The number of carboxylic acid groups (broad SMARTS) is 1. The zero-order valence-corrected chi connectivity index (χ0v) is 13.5. The Morgan fingerprint density at radius 2 is 2.05 bits per heavy atom. The van der Waals surface area contributed by atoms with E-state index in [4.69, 9.17) is 0 Å². The van der Waals surface area contributed by atoms with E-state index in [9.17, 15) is 9.90 Å². The summed E-state index contributed by atoms with van der Waals surface area (Å²) >= 11 is 1.72. The van der Waals surface area contributed by atoms with Crippen molar-refractivity contribution in [3.63, 3.8) is 0 Å². The molecular weight excluding hydrogens is 298 g/mol. The number of thioether (sulfide) groups is 1. The van der Waals surface area contributed by atoms with Gasteiger partial charge in [0.05, 0.1) is 0 Å². The maximum Gasteiger partial charge on any atom is 0.321 e. The van der Waals surface area contributed by atoms with Crippen molar-refractivity contribution in [2.75, 3.05) is 44.4 Å². The van der Waals surface area contributed by atoms with Crippen LogP contribution >= 0.6 is 11.8 Å². The Morgan fingerprint density at radius 1 is 1.32 bits per heavy atom. The molecule has 2 fully saturated rings. The van der Waals surface area contributed by atoms with Crippen LogP contribution in [-0.4, -0.2) is 71.3 Å². The van der Waals surface area contributed by atoms with Crippen molar-refractivity contribution in [3.8, 4) is 0 Å². The third-order valence-electron chi connectivity index (χ3n) is 4.43. The molecule has 0 aliphatic carbocycles. The average molecular weight is 321 g/mol. The molecule has 5 nitrogen and oxygen atoms in total. The number of hydrogen-bond donors (Lipinski definition) is 2. The van der Waals surface area contributed by atoms with Gasteiger partial charge in [-0.3, -0.25) is 14.6 Å². The lowest BCUT2D eigenvalue weighted by Gasteiger charge is -2.36. The molecule has 1 aromatic rings. The van der Waals surface area contributed by atoms with Gasteiger partial charge in [0.15, 0.2) is 0 Å². The van der Waals surface area contributed by atoms with E-state index in [1.165, 1.54) is 5.56 Å². The van der Waals surface area contributed by atoms with Gasteiger partial charge in [-0.1, -0.05) is 30.3 Å². The predicted molar refractivity (Wildman–Crippen MR) is 89.1 cm³/mol. The fraction of sp³-hybridized carbons (Fsp3) is 0.562. The molecule has 2 N–H and O–H groups in total. The summed E-state index contributed by atoms with van der Waals surface area (Å²) < 4.78 is 0. The smallest absolute Gasteiger partial charge is 0.321 e. The maximum absolute atomic E-state index is 11.6. The second-order valence-corrected chi connectivity index (χ2v) is 6.85. The summed E-state index contributed by atoms with van der Waals surface area (Å²) in [6.07, 6.45) is 0. The number of carbonyl (C=O) groups is 1. The third-order valence-corrected chi connectivity index (χ3v) is 5.46. The van der Waals surface area contributed by atoms with Gasteiger partial charge in [-0.15, -0.1) is 11.8 Å². The standard InChI is InChI=1S/C16H23N3O2S/c20-16(21)15-11-22-12-19(15)14(13-4-2-1-3-5-13)10-18-8-6-17-7-9-18/h1-5,14-15,17H,6-12H2,(H,20,21). The number of carboxylic acids is 1. The second kappa shape index (κ2) is 7.46. The average Bonchev–Trinajstić information content (AvgIpc) is 3.04. The summed E-state index contributed by atoms with van der Waals surface area (Å²) in [7, 11) is 0. The van der Waals surface area contributed by atoms with Gasteiger partial charge in [0.1, 0.15) is 6.04 Å². The Hall–Kier alpha value is -1.08. The first-order valence-corrected chi connectivity index (χ1v) is 8.95. The van der Waals surface area contributed by atoms with E-state index in [-0.39, 0.29) is 12.1 Å². The number of rotatable bonds is 5. The SMILES string of the molecule is O=C(O)C1CSCN1C(CN1CCNCC1)c1ccccc1. The summed E-state index contributed by atoms with van der Waals surface area (Å²) in [6.45, 7) is 4.98. The Bertz CT molecular complexity index is 493. The second-order valence-electron chi connectivity index (χ2n) is 5.85. The fourth-order valence-electron chi connectivity index (χ4n) is 3.19. The molecule has 0 aromatic heterocycles. The molecule has 120 valence electrons. The van der Waals surface area contributed by atoms with E-state index in [2.05, 4.69) is 27.2 Å². The number of benzene rings is 1. The molecule has 2 saturated heterocycles. The highest BCUT2D eigenvalue weighted by molar-refractivity contribution is 7.99. The van der Waals surface area contributed by atoms with E-state index in [0.717, 1.165) is 38.6 Å². The van der Waals surface area contributed by atoms with Gasteiger partial charge in [0.25, 0.3) is 0 Å². The molecule has 2 aliphatic rings. The lowest BCUT2D eigenvalue weighted by molar-refractivity contribution is -0.142. The molecule has 2 atom stereocenters. The van der Waals surface area contributed by atoms with Crippen LogP contribution in [0.5, 0.6) is 0 Å². The number of aliphatic carboxylic acids is 1. The van der Waals surface area contributed by atoms with E-state index in [1.54, 1.807) is 11.8 Å². The predicted octanol–water partition coefficient (Wildman–Crippen LogP) is 1.09. The Morgan fingerprint density at radius 3 is 2.73 bits per heavy atom. The summed E-state index contributed by atoms with van der Waals surface area (Å²) in [5.74, 6) is 0.772. The number of hydrogen-bond acceptors (Lipinski definition) is 5. The Labute approximate surface area is 135 Å². The molecule has 0 spiro atoms. The highest BCUT2D eigenvalue weighted by Gasteiger charge is 2.37.